The molecule has 1 heteroatoms. The van der Waals surface area contributed by atoms with Crippen molar-refractivity contribution in [3.63, 3.8) is 0 Å². The van der Waals surface area contributed by atoms with Crippen molar-refractivity contribution in [1.82, 2.24) is 0 Å². The van der Waals surface area contributed by atoms with Crippen molar-refractivity contribution in [2.24, 2.45) is 5.92 Å². The third kappa shape index (κ3) is 0.989. The van der Waals surface area contributed by atoms with Gasteiger partial charge < -0.3 is 0 Å². The van der Waals surface area contributed by atoms with Crippen LogP contribution in [-0.4, -0.2) is 7.28 Å². The van der Waals surface area contributed by atoms with E-state index in [2.05, 4.69) is 21.0 Å². The van der Waals surface area contributed by atoms with Gasteiger partial charge in [-0.2, -0.15) is 0 Å². The normalized spacial score (nSPS) is 39.7. The summed E-state index contributed by atoms with van der Waals surface area (Å²) in [5.74, 6) is 1.98. The Kier molecular flexibility index (Phi) is 1.41. The average molecular weight is 95.0 g/mol. The maximum atomic E-state index is 2.32. The minimum atomic E-state index is 0.968. The molecule has 0 N–H and O–H groups in total. The highest BCUT2D eigenvalue weighted by molar-refractivity contribution is 6.36. The molecule has 0 nitrogen and oxygen atoms in total. The van der Waals surface area contributed by atoms with E-state index in [0.717, 1.165) is 11.7 Å². The van der Waals surface area contributed by atoms with Crippen molar-refractivity contribution >= 4 is 7.28 Å². The molecule has 1 rings (SSSR count). The van der Waals surface area contributed by atoms with Gasteiger partial charge >= 0.3 is 0 Å². The van der Waals surface area contributed by atoms with Gasteiger partial charge in [-0.1, -0.05) is 32.4 Å². The van der Waals surface area contributed by atoms with Crippen molar-refractivity contribution in [2.75, 3.05) is 0 Å². The van der Waals surface area contributed by atoms with Crippen LogP contribution in [0.15, 0.2) is 0 Å². The first-order valence-electron chi connectivity index (χ1n) is 3.12. The quantitative estimate of drug-likeness (QED) is 0.436. The second kappa shape index (κ2) is 1.89. The molecular weight excluding hydrogens is 82.9 g/mol. The molecule has 0 amide bonds. The molecule has 1 fully saturated rings. The van der Waals surface area contributed by atoms with Crippen molar-refractivity contribution < 1.29 is 0 Å². The lowest BCUT2D eigenvalue weighted by molar-refractivity contribution is 0.344. The van der Waals surface area contributed by atoms with Crippen LogP contribution in [0.5, 0.6) is 0 Å². The van der Waals surface area contributed by atoms with E-state index >= 15 is 0 Å². The fourth-order valence-electron chi connectivity index (χ4n) is 1.24. The van der Waals surface area contributed by atoms with E-state index in [9.17, 15) is 0 Å². The van der Waals surface area contributed by atoms with Crippen LogP contribution in [-0.2, 0) is 0 Å². The van der Waals surface area contributed by atoms with E-state index in [4.69, 9.17) is 0 Å². The zero-order valence-corrected chi connectivity index (χ0v) is 5.15. The molecule has 0 aromatic carbocycles. The number of hydrogen-bond donors (Lipinski definition) is 0. The van der Waals surface area contributed by atoms with Crippen molar-refractivity contribution in [3.8, 4) is 0 Å². The van der Waals surface area contributed by atoms with Crippen LogP contribution in [0.1, 0.15) is 19.8 Å². The number of hydrogen-bond acceptors (Lipinski definition) is 0. The van der Waals surface area contributed by atoms with E-state index < -0.39 is 0 Å². The van der Waals surface area contributed by atoms with E-state index in [1.165, 1.54) is 12.8 Å². The van der Waals surface area contributed by atoms with Gasteiger partial charge in [0.2, 0.25) is 0 Å². The third-order valence-corrected chi connectivity index (χ3v) is 1.88. The van der Waals surface area contributed by atoms with E-state index in [1.807, 2.05) is 0 Å². The predicted molar refractivity (Wildman–Crippen MR) is 33.8 cm³/mol. The topological polar surface area (TPSA) is 0 Å². The lowest BCUT2D eigenvalue weighted by Gasteiger charge is -2.31. The van der Waals surface area contributed by atoms with Crippen LogP contribution in [0, 0.1) is 5.92 Å². The standard InChI is InChI=1S/C6H12B/c1-5-3-6(4-5)7-2/h5-6H,3-4H2,1-2H3. The fourth-order valence-corrected chi connectivity index (χ4v) is 1.24. The van der Waals surface area contributed by atoms with Gasteiger partial charge in [0.1, 0.15) is 7.28 Å². The highest BCUT2D eigenvalue weighted by Crippen LogP contribution is 2.36. The Morgan fingerprint density at radius 2 is 2.00 bits per heavy atom. The summed E-state index contributed by atoms with van der Waals surface area (Å²) in [7, 11) is 2.32. The second-order valence-corrected chi connectivity index (χ2v) is 2.67. The Bertz CT molecular complexity index is 55.2. The lowest BCUT2D eigenvalue weighted by Crippen LogP contribution is -2.18. The maximum Gasteiger partial charge on any atom is 0.110 e. The van der Waals surface area contributed by atoms with Gasteiger partial charge in [-0.3, -0.25) is 0 Å². The first-order valence-corrected chi connectivity index (χ1v) is 3.12. The monoisotopic (exact) mass is 95.1 g/mol. The molecule has 0 aliphatic heterocycles. The van der Waals surface area contributed by atoms with Gasteiger partial charge in [0.05, 0.1) is 0 Å². The summed E-state index contributed by atoms with van der Waals surface area (Å²) >= 11 is 0. The molecular formula is C6H12B. The zero-order valence-electron chi connectivity index (χ0n) is 5.15. The van der Waals surface area contributed by atoms with Gasteiger partial charge in [0, 0.05) is 0 Å². The van der Waals surface area contributed by atoms with Gasteiger partial charge in [-0.25, -0.2) is 0 Å². The van der Waals surface area contributed by atoms with Crippen LogP contribution < -0.4 is 0 Å². The van der Waals surface area contributed by atoms with Crippen molar-refractivity contribution in [1.29, 1.82) is 0 Å². The molecule has 0 spiro atoms. The molecule has 1 aliphatic carbocycles. The highest BCUT2D eigenvalue weighted by Gasteiger charge is 2.22. The first-order chi connectivity index (χ1) is 3.33. The average Bonchev–Trinajstić information content (AvgIpc) is 1.58. The molecule has 0 bridgehead atoms. The van der Waals surface area contributed by atoms with E-state index in [-0.39, 0.29) is 0 Å². The van der Waals surface area contributed by atoms with Crippen LogP contribution in [0.25, 0.3) is 0 Å². The molecule has 1 saturated carbocycles. The molecule has 0 unspecified atom stereocenters. The Morgan fingerprint density at radius 1 is 1.43 bits per heavy atom. The zero-order chi connectivity index (χ0) is 5.28. The van der Waals surface area contributed by atoms with Gasteiger partial charge in [0.25, 0.3) is 0 Å². The molecule has 0 aromatic rings. The summed E-state index contributed by atoms with van der Waals surface area (Å²) in [6.45, 7) is 4.48. The van der Waals surface area contributed by atoms with Crippen LogP contribution in [0.3, 0.4) is 0 Å². The minimum Gasteiger partial charge on any atom is -0.0917 e. The van der Waals surface area contributed by atoms with Gasteiger partial charge in [0.15, 0.2) is 0 Å². The number of rotatable bonds is 1. The van der Waals surface area contributed by atoms with Gasteiger partial charge in [-0.05, 0) is 5.92 Å². The fraction of sp³-hybridized carbons (Fsp3) is 1.00. The Labute approximate surface area is 46.5 Å². The summed E-state index contributed by atoms with van der Waals surface area (Å²) in [6, 6.07) is 0. The van der Waals surface area contributed by atoms with Crippen LogP contribution in [0.4, 0.5) is 0 Å². The van der Waals surface area contributed by atoms with Crippen LogP contribution in [0.2, 0.25) is 12.6 Å². The van der Waals surface area contributed by atoms with Gasteiger partial charge in [-0.15, -0.1) is 0 Å². The first kappa shape index (κ1) is 5.21. The van der Waals surface area contributed by atoms with E-state index in [1.54, 1.807) is 0 Å². The molecule has 39 valence electrons. The predicted octanol–water partition coefficient (Wildman–Crippen LogP) is 1.96. The van der Waals surface area contributed by atoms with Crippen molar-refractivity contribution in [3.05, 3.63) is 0 Å². The van der Waals surface area contributed by atoms with Crippen molar-refractivity contribution in [2.45, 2.75) is 32.4 Å². The smallest absolute Gasteiger partial charge is 0.0917 e. The largest absolute Gasteiger partial charge is 0.110 e. The molecule has 0 saturated heterocycles. The molecule has 0 aromatic heterocycles. The Morgan fingerprint density at radius 3 is 2.14 bits per heavy atom. The summed E-state index contributed by atoms with van der Waals surface area (Å²) in [5, 5.41) is 0. The molecule has 0 atom stereocenters. The van der Waals surface area contributed by atoms with Crippen LogP contribution >= 0.6 is 0 Å². The lowest BCUT2D eigenvalue weighted by atomic mass is 9.54. The highest BCUT2D eigenvalue weighted by atomic mass is 14.2. The SMILES string of the molecule is C[B]C1CC(C)C1. The summed E-state index contributed by atoms with van der Waals surface area (Å²) in [4.78, 5) is 0. The summed E-state index contributed by atoms with van der Waals surface area (Å²) < 4.78 is 0. The molecule has 1 radical (unpaired) electrons. The molecule has 7 heavy (non-hydrogen) atoms. The van der Waals surface area contributed by atoms with E-state index in [0.29, 0.717) is 0 Å². The Hall–Kier alpha value is 0.0649. The summed E-state index contributed by atoms with van der Waals surface area (Å²) in [6.07, 6.45) is 2.88. The minimum absolute atomic E-state index is 0.968. The third-order valence-electron chi connectivity index (χ3n) is 1.88. The summed E-state index contributed by atoms with van der Waals surface area (Å²) in [5.41, 5.74) is 0. The maximum absolute atomic E-state index is 2.32. The Balaban J connectivity index is 2.06. The second-order valence-electron chi connectivity index (χ2n) is 2.67. The molecule has 0 heterocycles. The molecule has 1 aliphatic rings.